The highest BCUT2D eigenvalue weighted by Crippen LogP contribution is 2.25. The highest BCUT2D eigenvalue weighted by molar-refractivity contribution is 6.11. The summed E-state index contributed by atoms with van der Waals surface area (Å²) in [5, 5.41) is 7.33. The molecule has 3 aromatic rings. The van der Waals surface area contributed by atoms with Gasteiger partial charge in [-0.2, -0.15) is 5.10 Å². The van der Waals surface area contributed by atoms with Gasteiger partial charge in [0.1, 0.15) is 11.6 Å². The second-order valence-corrected chi connectivity index (χ2v) is 7.81. The molecule has 3 N–H and O–H groups in total. The SMILES string of the molecule is CCCOc1cccc(C(=O)c2cnn(-c3cc(C(=O)NC4CC4)ccc3C)c2N)c1. The van der Waals surface area contributed by atoms with Gasteiger partial charge in [0.15, 0.2) is 5.78 Å². The van der Waals surface area contributed by atoms with E-state index in [-0.39, 0.29) is 23.6 Å². The summed E-state index contributed by atoms with van der Waals surface area (Å²) in [6, 6.07) is 12.7. The molecule has 1 amide bonds. The van der Waals surface area contributed by atoms with E-state index >= 15 is 0 Å². The number of nitrogens with zero attached hydrogens (tertiary/aromatic N) is 2. The molecule has 1 aromatic heterocycles. The first-order valence-corrected chi connectivity index (χ1v) is 10.5. The fourth-order valence-corrected chi connectivity index (χ4v) is 3.30. The second-order valence-electron chi connectivity index (χ2n) is 7.81. The smallest absolute Gasteiger partial charge is 0.251 e. The molecule has 0 radical (unpaired) electrons. The van der Waals surface area contributed by atoms with Crippen molar-refractivity contribution in [2.45, 2.75) is 39.2 Å². The summed E-state index contributed by atoms with van der Waals surface area (Å²) < 4.78 is 7.14. The highest BCUT2D eigenvalue weighted by Gasteiger charge is 2.24. The molecule has 0 unspecified atom stereocenters. The Balaban J connectivity index is 1.62. The molecule has 0 saturated heterocycles. The van der Waals surface area contributed by atoms with Gasteiger partial charge in [0.2, 0.25) is 0 Å². The summed E-state index contributed by atoms with van der Waals surface area (Å²) in [5.41, 5.74) is 9.21. The molecule has 1 aliphatic carbocycles. The van der Waals surface area contributed by atoms with E-state index in [1.165, 1.54) is 10.9 Å². The van der Waals surface area contributed by atoms with Crippen LogP contribution in [-0.2, 0) is 0 Å². The number of carbonyl (C=O) groups is 2. The third kappa shape index (κ3) is 4.45. The summed E-state index contributed by atoms with van der Waals surface area (Å²) >= 11 is 0. The van der Waals surface area contributed by atoms with Crippen molar-refractivity contribution >= 4 is 17.5 Å². The molecule has 31 heavy (non-hydrogen) atoms. The third-order valence-corrected chi connectivity index (χ3v) is 5.23. The molecule has 7 nitrogen and oxygen atoms in total. The largest absolute Gasteiger partial charge is 0.494 e. The lowest BCUT2D eigenvalue weighted by Gasteiger charge is -2.11. The summed E-state index contributed by atoms with van der Waals surface area (Å²) in [6.45, 7) is 4.52. The molecule has 2 aromatic carbocycles. The Kier molecular flexibility index (Phi) is 5.75. The van der Waals surface area contributed by atoms with E-state index < -0.39 is 0 Å². The molecule has 1 aliphatic rings. The topological polar surface area (TPSA) is 99.2 Å². The Morgan fingerprint density at radius 2 is 2.00 bits per heavy atom. The van der Waals surface area contributed by atoms with Crippen molar-refractivity contribution in [1.29, 1.82) is 0 Å². The number of anilines is 1. The first kappa shape index (κ1) is 20.7. The summed E-state index contributed by atoms with van der Waals surface area (Å²) in [4.78, 5) is 25.5. The molecule has 0 atom stereocenters. The fourth-order valence-electron chi connectivity index (χ4n) is 3.30. The maximum absolute atomic E-state index is 13.1. The number of aryl methyl sites for hydroxylation is 1. The molecule has 160 valence electrons. The Labute approximate surface area is 181 Å². The first-order valence-electron chi connectivity index (χ1n) is 10.5. The minimum absolute atomic E-state index is 0.116. The van der Waals surface area contributed by atoms with Crippen LogP contribution in [0, 0.1) is 6.92 Å². The van der Waals surface area contributed by atoms with Crippen LogP contribution in [0.1, 0.15) is 58.0 Å². The van der Waals surface area contributed by atoms with Crippen molar-refractivity contribution in [3.05, 3.63) is 70.9 Å². The summed E-state index contributed by atoms with van der Waals surface area (Å²) in [5.74, 6) is 0.525. The van der Waals surface area contributed by atoms with E-state index in [1.807, 2.05) is 26.0 Å². The lowest BCUT2D eigenvalue weighted by atomic mass is 10.1. The van der Waals surface area contributed by atoms with Gasteiger partial charge in [-0.25, -0.2) is 4.68 Å². The van der Waals surface area contributed by atoms with Crippen LogP contribution in [0.4, 0.5) is 5.82 Å². The number of hydrogen-bond donors (Lipinski definition) is 2. The molecule has 7 heteroatoms. The summed E-state index contributed by atoms with van der Waals surface area (Å²) in [7, 11) is 0. The van der Waals surface area contributed by atoms with Crippen LogP contribution in [0.15, 0.2) is 48.7 Å². The number of ketones is 1. The number of benzene rings is 2. The minimum Gasteiger partial charge on any atom is -0.494 e. The molecule has 0 aliphatic heterocycles. The van der Waals surface area contributed by atoms with Crippen LogP contribution in [0.25, 0.3) is 5.69 Å². The Hall–Kier alpha value is -3.61. The number of ether oxygens (including phenoxy) is 1. The van der Waals surface area contributed by atoms with Gasteiger partial charge < -0.3 is 15.8 Å². The Morgan fingerprint density at radius 3 is 2.74 bits per heavy atom. The van der Waals surface area contributed by atoms with Gasteiger partial charge in [0.05, 0.1) is 24.1 Å². The predicted octanol–water partition coefficient (Wildman–Crippen LogP) is 3.67. The van der Waals surface area contributed by atoms with E-state index in [0.29, 0.717) is 34.7 Å². The van der Waals surface area contributed by atoms with Crippen LogP contribution in [0.3, 0.4) is 0 Å². The monoisotopic (exact) mass is 418 g/mol. The number of nitrogen functional groups attached to an aromatic ring is 1. The Bertz CT molecular complexity index is 1130. The molecule has 1 fully saturated rings. The number of carbonyl (C=O) groups excluding carboxylic acids is 2. The standard InChI is InChI=1S/C24H26N4O3/c1-3-11-31-19-6-4-5-16(12-19)22(29)20-14-26-28(23(20)25)21-13-17(8-7-15(21)2)24(30)27-18-9-10-18/h4-8,12-14,18H,3,9-11,25H2,1-2H3,(H,27,30). The third-order valence-electron chi connectivity index (χ3n) is 5.23. The van der Waals surface area contributed by atoms with Gasteiger partial charge in [0.25, 0.3) is 5.91 Å². The quantitative estimate of drug-likeness (QED) is 0.544. The van der Waals surface area contributed by atoms with Crippen LogP contribution >= 0.6 is 0 Å². The minimum atomic E-state index is -0.231. The first-order chi connectivity index (χ1) is 15.0. The van der Waals surface area contributed by atoms with E-state index in [1.54, 1.807) is 30.3 Å². The molecule has 1 heterocycles. The molecular formula is C24H26N4O3. The van der Waals surface area contributed by atoms with Crippen molar-refractivity contribution in [2.75, 3.05) is 12.3 Å². The van der Waals surface area contributed by atoms with Crippen molar-refractivity contribution in [3.63, 3.8) is 0 Å². The van der Waals surface area contributed by atoms with Crippen LogP contribution in [0.2, 0.25) is 0 Å². The molecule has 0 bridgehead atoms. The number of amides is 1. The number of hydrogen-bond acceptors (Lipinski definition) is 5. The normalized spacial score (nSPS) is 13.1. The number of rotatable bonds is 8. The van der Waals surface area contributed by atoms with E-state index in [2.05, 4.69) is 10.4 Å². The number of nitrogens with two attached hydrogens (primary N) is 1. The van der Waals surface area contributed by atoms with Gasteiger partial charge >= 0.3 is 0 Å². The Morgan fingerprint density at radius 1 is 1.19 bits per heavy atom. The van der Waals surface area contributed by atoms with Crippen molar-refractivity contribution in [3.8, 4) is 11.4 Å². The lowest BCUT2D eigenvalue weighted by Crippen LogP contribution is -2.25. The van der Waals surface area contributed by atoms with E-state index in [4.69, 9.17) is 10.5 Å². The van der Waals surface area contributed by atoms with Crippen molar-refractivity contribution in [1.82, 2.24) is 15.1 Å². The average molecular weight is 418 g/mol. The van der Waals surface area contributed by atoms with Crippen molar-refractivity contribution < 1.29 is 14.3 Å². The number of nitrogens with one attached hydrogen (secondary N) is 1. The van der Waals surface area contributed by atoms with Gasteiger partial charge in [-0.05, 0) is 56.0 Å². The average Bonchev–Trinajstić information content (AvgIpc) is 3.51. The highest BCUT2D eigenvalue weighted by atomic mass is 16.5. The zero-order chi connectivity index (χ0) is 22.0. The maximum Gasteiger partial charge on any atom is 0.251 e. The molecule has 0 spiro atoms. The van der Waals surface area contributed by atoms with Crippen molar-refractivity contribution in [2.24, 2.45) is 0 Å². The fraction of sp³-hybridized carbons (Fsp3) is 0.292. The molecule has 4 rings (SSSR count). The number of aromatic nitrogens is 2. The zero-order valence-electron chi connectivity index (χ0n) is 17.7. The van der Waals surface area contributed by atoms with Gasteiger partial charge in [-0.15, -0.1) is 0 Å². The van der Waals surface area contributed by atoms with E-state index in [9.17, 15) is 9.59 Å². The van der Waals surface area contributed by atoms with Crippen LogP contribution < -0.4 is 15.8 Å². The predicted molar refractivity (Wildman–Crippen MR) is 119 cm³/mol. The van der Waals surface area contributed by atoms with Crippen LogP contribution in [-0.4, -0.2) is 34.1 Å². The zero-order valence-corrected chi connectivity index (χ0v) is 17.7. The lowest BCUT2D eigenvalue weighted by molar-refractivity contribution is 0.0950. The van der Waals surface area contributed by atoms with Gasteiger partial charge in [-0.3, -0.25) is 9.59 Å². The van der Waals surface area contributed by atoms with Crippen LogP contribution in [0.5, 0.6) is 5.75 Å². The molecule has 1 saturated carbocycles. The van der Waals surface area contributed by atoms with Gasteiger partial charge in [-0.1, -0.05) is 25.1 Å². The van der Waals surface area contributed by atoms with E-state index in [0.717, 1.165) is 24.8 Å². The summed E-state index contributed by atoms with van der Waals surface area (Å²) in [6.07, 6.45) is 4.39. The van der Waals surface area contributed by atoms with Gasteiger partial charge in [0, 0.05) is 17.2 Å². The molecular weight excluding hydrogens is 392 g/mol. The maximum atomic E-state index is 13.1. The second kappa shape index (κ2) is 8.63.